The molecule has 3 N–H and O–H groups in total. The first-order valence-corrected chi connectivity index (χ1v) is 16.9. The van der Waals surface area contributed by atoms with Gasteiger partial charge in [-0.1, -0.05) is 86.0 Å². The normalized spacial score (nSPS) is 15.0. The largest absolute Gasteiger partial charge is 0.395 e. The van der Waals surface area contributed by atoms with Crippen molar-refractivity contribution < 1.29 is 24.9 Å². The summed E-state index contributed by atoms with van der Waals surface area (Å²) >= 11 is 6.38. The van der Waals surface area contributed by atoms with E-state index in [1.165, 1.54) is 0 Å². The first kappa shape index (κ1) is 35.6. The lowest BCUT2D eigenvalue weighted by Crippen LogP contribution is -2.51. The number of carbonyl (C=O) groups excluding carboxylic acids is 2. The Morgan fingerprint density at radius 2 is 1.52 bits per heavy atom. The van der Waals surface area contributed by atoms with Crippen molar-refractivity contribution in [3.05, 3.63) is 106 Å². The zero-order valence-electron chi connectivity index (χ0n) is 27.4. The van der Waals surface area contributed by atoms with Crippen molar-refractivity contribution in [1.82, 2.24) is 9.80 Å². The SMILES string of the molecule is CCC1(N(CCO)C(=O)c2ccccc2CCC(O)Cc2ccc(Cl)cc2C(=O)N(CCO)C(C)(C)c2ccccc2)CCCC1. The lowest BCUT2D eigenvalue weighted by molar-refractivity contribution is 0.0397. The van der Waals surface area contributed by atoms with Crippen LogP contribution in [-0.2, 0) is 18.4 Å². The number of hydrogen-bond donors (Lipinski definition) is 3. The maximum Gasteiger partial charge on any atom is 0.254 e. The summed E-state index contributed by atoms with van der Waals surface area (Å²) < 4.78 is 0. The number of amides is 2. The molecule has 1 aliphatic rings. The van der Waals surface area contributed by atoms with Crippen LogP contribution in [0.25, 0.3) is 0 Å². The van der Waals surface area contributed by atoms with Crippen LogP contribution in [0.3, 0.4) is 0 Å². The van der Waals surface area contributed by atoms with E-state index in [1.54, 1.807) is 23.1 Å². The summed E-state index contributed by atoms with van der Waals surface area (Å²) in [5, 5.41) is 31.4. The minimum absolute atomic E-state index is 0.0709. The molecular weight excluding hydrogens is 600 g/mol. The second-order valence-electron chi connectivity index (χ2n) is 12.9. The third kappa shape index (κ3) is 8.00. The van der Waals surface area contributed by atoms with Gasteiger partial charge in [0, 0.05) is 34.8 Å². The monoisotopic (exact) mass is 648 g/mol. The average molecular weight is 649 g/mol. The van der Waals surface area contributed by atoms with E-state index in [0.717, 1.165) is 43.2 Å². The van der Waals surface area contributed by atoms with Crippen LogP contribution in [0.15, 0.2) is 72.8 Å². The number of β-amino-alcohol motifs (C(OH)–C–C–N with tert-alkyl or cyclic N) is 1. The van der Waals surface area contributed by atoms with E-state index in [0.29, 0.717) is 41.1 Å². The second-order valence-corrected chi connectivity index (χ2v) is 13.4. The van der Waals surface area contributed by atoms with Gasteiger partial charge in [0.1, 0.15) is 0 Å². The molecule has 7 nitrogen and oxygen atoms in total. The number of carbonyl (C=O) groups is 2. The predicted molar refractivity (Wildman–Crippen MR) is 183 cm³/mol. The maximum absolute atomic E-state index is 14.1. The summed E-state index contributed by atoms with van der Waals surface area (Å²) in [6, 6.07) is 22.4. The Morgan fingerprint density at radius 3 is 2.17 bits per heavy atom. The van der Waals surface area contributed by atoms with Gasteiger partial charge in [-0.05, 0) is 87.3 Å². The van der Waals surface area contributed by atoms with Crippen molar-refractivity contribution in [3.63, 3.8) is 0 Å². The summed E-state index contributed by atoms with van der Waals surface area (Å²) in [6.07, 6.45) is 5.19. The van der Waals surface area contributed by atoms with Crippen molar-refractivity contribution in [1.29, 1.82) is 0 Å². The highest BCUT2D eigenvalue weighted by Gasteiger charge is 2.41. The fourth-order valence-electron chi connectivity index (χ4n) is 7.08. The van der Waals surface area contributed by atoms with Crippen molar-refractivity contribution >= 4 is 23.4 Å². The number of halogens is 1. The van der Waals surface area contributed by atoms with Crippen LogP contribution in [0.1, 0.15) is 96.7 Å². The Morgan fingerprint density at radius 1 is 0.870 bits per heavy atom. The zero-order valence-corrected chi connectivity index (χ0v) is 28.2. The zero-order chi connectivity index (χ0) is 33.3. The van der Waals surface area contributed by atoms with Crippen molar-refractivity contribution in [3.8, 4) is 0 Å². The smallest absolute Gasteiger partial charge is 0.254 e. The van der Waals surface area contributed by atoms with Gasteiger partial charge >= 0.3 is 0 Å². The molecule has 1 aliphatic carbocycles. The second kappa shape index (κ2) is 16.1. The fourth-order valence-corrected chi connectivity index (χ4v) is 7.25. The number of benzene rings is 3. The predicted octanol–water partition coefficient (Wildman–Crippen LogP) is 6.40. The molecule has 3 aromatic rings. The van der Waals surface area contributed by atoms with Gasteiger partial charge in [0.05, 0.1) is 24.9 Å². The Bertz CT molecular complexity index is 1450. The Kier molecular flexibility index (Phi) is 12.4. The molecule has 0 aliphatic heterocycles. The summed E-state index contributed by atoms with van der Waals surface area (Å²) in [6.45, 7) is 6.15. The summed E-state index contributed by atoms with van der Waals surface area (Å²) in [7, 11) is 0. The molecule has 3 aromatic carbocycles. The molecule has 0 saturated heterocycles. The Labute approximate surface area is 278 Å². The van der Waals surface area contributed by atoms with Crippen LogP contribution in [-0.4, -0.2) is 74.9 Å². The number of hydrogen-bond acceptors (Lipinski definition) is 5. The lowest BCUT2D eigenvalue weighted by Gasteiger charge is -2.41. The van der Waals surface area contributed by atoms with Gasteiger partial charge < -0.3 is 25.1 Å². The van der Waals surface area contributed by atoms with Crippen LogP contribution in [0.5, 0.6) is 0 Å². The van der Waals surface area contributed by atoms with Gasteiger partial charge in [0.2, 0.25) is 0 Å². The molecule has 1 atom stereocenters. The van der Waals surface area contributed by atoms with E-state index in [-0.39, 0.29) is 43.5 Å². The molecule has 46 heavy (non-hydrogen) atoms. The molecule has 0 bridgehead atoms. The highest BCUT2D eigenvalue weighted by atomic mass is 35.5. The number of aryl methyl sites for hydroxylation is 1. The van der Waals surface area contributed by atoms with Crippen molar-refractivity contribution in [2.75, 3.05) is 26.3 Å². The number of aliphatic hydroxyl groups is 3. The number of aliphatic hydroxyl groups excluding tert-OH is 3. The molecular formula is C38H49ClN2O5. The summed E-state index contributed by atoms with van der Waals surface area (Å²) in [5.74, 6) is -0.345. The fraction of sp³-hybridized carbons (Fsp3) is 0.474. The van der Waals surface area contributed by atoms with Gasteiger partial charge in [0.15, 0.2) is 0 Å². The van der Waals surface area contributed by atoms with E-state index in [4.69, 9.17) is 11.6 Å². The highest BCUT2D eigenvalue weighted by Crippen LogP contribution is 2.39. The highest BCUT2D eigenvalue weighted by molar-refractivity contribution is 6.31. The molecule has 0 heterocycles. The molecule has 8 heteroatoms. The minimum Gasteiger partial charge on any atom is -0.395 e. The molecule has 2 amide bonds. The molecule has 1 saturated carbocycles. The van der Waals surface area contributed by atoms with Gasteiger partial charge in [0.25, 0.3) is 11.8 Å². The first-order valence-electron chi connectivity index (χ1n) is 16.5. The molecule has 1 fully saturated rings. The number of nitrogens with zero attached hydrogens (tertiary/aromatic N) is 2. The topological polar surface area (TPSA) is 101 Å². The Balaban J connectivity index is 1.53. The van der Waals surface area contributed by atoms with E-state index < -0.39 is 11.6 Å². The number of rotatable bonds is 15. The van der Waals surface area contributed by atoms with Crippen molar-refractivity contribution in [2.24, 2.45) is 0 Å². The summed E-state index contributed by atoms with van der Waals surface area (Å²) in [4.78, 5) is 31.6. The van der Waals surface area contributed by atoms with E-state index >= 15 is 0 Å². The molecule has 0 spiro atoms. The standard InChI is InChI=1S/C38H49ClN2O5/c1-4-38(20-10-11-21-38)41(23-25-43)35(45)33-15-9-8-12-28(33)17-19-32(44)26-29-16-18-31(39)27-34(29)36(46)40(22-24-42)37(2,3)30-13-6-5-7-14-30/h5-9,12-16,18,27,32,42-44H,4,10-11,17,19-26H2,1-3H3. The average Bonchev–Trinajstić information content (AvgIpc) is 3.56. The first-order chi connectivity index (χ1) is 22.1. The van der Waals surface area contributed by atoms with E-state index in [1.807, 2.05) is 73.3 Å². The molecule has 1 unspecified atom stereocenters. The molecule has 0 aromatic heterocycles. The minimum atomic E-state index is -0.783. The van der Waals surface area contributed by atoms with Gasteiger partial charge in [-0.25, -0.2) is 0 Å². The van der Waals surface area contributed by atoms with E-state index in [2.05, 4.69) is 6.92 Å². The van der Waals surface area contributed by atoms with Gasteiger partial charge in [-0.2, -0.15) is 0 Å². The van der Waals surface area contributed by atoms with Crippen LogP contribution >= 0.6 is 11.6 Å². The van der Waals surface area contributed by atoms with Crippen LogP contribution < -0.4 is 0 Å². The third-order valence-electron chi connectivity index (χ3n) is 9.81. The molecule has 4 rings (SSSR count). The summed E-state index contributed by atoms with van der Waals surface area (Å²) in [5.41, 5.74) is 2.50. The molecule has 248 valence electrons. The molecule has 0 radical (unpaired) electrons. The van der Waals surface area contributed by atoms with E-state index in [9.17, 15) is 24.9 Å². The third-order valence-corrected chi connectivity index (χ3v) is 10.0. The van der Waals surface area contributed by atoms with Crippen molar-refractivity contribution in [2.45, 2.75) is 89.3 Å². The maximum atomic E-state index is 14.1. The van der Waals surface area contributed by atoms with Crippen LogP contribution in [0, 0.1) is 0 Å². The van der Waals surface area contributed by atoms with Gasteiger partial charge in [-0.3, -0.25) is 9.59 Å². The quantitative estimate of drug-likeness (QED) is 0.177. The van der Waals surface area contributed by atoms with Gasteiger partial charge in [-0.15, -0.1) is 0 Å². The van der Waals surface area contributed by atoms with Crippen LogP contribution in [0.2, 0.25) is 5.02 Å². The lowest BCUT2D eigenvalue weighted by atomic mass is 9.89. The Hall–Kier alpha value is -3.23. The van der Waals surface area contributed by atoms with Crippen LogP contribution in [0.4, 0.5) is 0 Å².